The molecule has 2 rings (SSSR count). The highest BCUT2D eigenvalue weighted by Gasteiger charge is 2.04. The number of rotatable bonds is 2. The standard InChI is InChI=1S/C11H8BrClN2O/c12-7-4-10(14)11(15-6-7)16-9-3-1-2-8(13)5-9/h1-6H,14H2. The predicted molar refractivity (Wildman–Crippen MR) is 67.9 cm³/mol. The van der Waals surface area contributed by atoms with Crippen molar-refractivity contribution >= 4 is 33.2 Å². The van der Waals surface area contributed by atoms with Gasteiger partial charge in [-0.2, -0.15) is 0 Å². The maximum atomic E-state index is 5.84. The zero-order chi connectivity index (χ0) is 11.5. The fourth-order valence-electron chi connectivity index (χ4n) is 1.17. The summed E-state index contributed by atoms with van der Waals surface area (Å²) in [6.45, 7) is 0. The van der Waals surface area contributed by atoms with Crippen molar-refractivity contribution in [3.63, 3.8) is 0 Å². The summed E-state index contributed by atoms with van der Waals surface area (Å²) in [4.78, 5) is 4.07. The zero-order valence-electron chi connectivity index (χ0n) is 8.15. The fourth-order valence-corrected chi connectivity index (χ4v) is 1.70. The average molecular weight is 300 g/mol. The molecule has 0 saturated carbocycles. The lowest BCUT2D eigenvalue weighted by atomic mass is 10.3. The summed E-state index contributed by atoms with van der Waals surface area (Å²) in [6.07, 6.45) is 1.62. The Morgan fingerprint density at radius 2 is 2.12 bits per heavy atom. The fraction of sp³-hybridized carbons (Fsp3) is 0. The normalized spacial score (nSPS) is 10.1. The van der Waals surface area contributed by atoms with Gasteiger partial charge in [0, 0.05) is 15.7 Å². The summed E-state index contributed by atoms with van der Waals surface area (Å²) in [7, 11) is 0. The van der Waals surface area contributed by atoms with Crippen molar-refractivity contribution in [1.82, 2.24) is 4.98 Å². The van der Waals surface area contributed by atoms with Gasteiger partial charge in [0.25, 0.3) is 0 Å². The number of nitrogens with two attached hydrogens (primary N) is 1. The number of aromatic nitrogens is 1. The van der Waals surface area contributed by atoms with E-state index in [-0.39, 0.29) is 0 Å². The van der Waals surface area contributed by atoms with Crippen LogP contribution in [0.4, 0.5) is 5.69 Å². The van der Waals surface area contributed by atoms with Crippen LogP contribution in [-0.4, -0.2) is 4.98 Å². The molecule has 82 valence electrons. The minimum absolute atomic E-state index is 0.366. The third-order valence-electron chi connectivity index (χ3n) is 1.86. The van der Waals surface area contributed by atoms with Crippen molar-refractivity contribution in [1.29, 1.82) is 0 Å². The molecule has 0 aliphatic carbocycles. The van der Waals surface area contributed by atoms with Crippen molar-refractivity contribution < 1.29 is 4.74 Å². The lowest BCUT2D eigenvalue weighted by Gasteiger charge is -2.07. The Bertz CT molecular complexity index is 519. The molecular formula is C11H8BrClN2O. The zero-order valence-corrected chi connectivity index (χ0v) is 10.5. The van der Waals surface area contributed by atoms with E-state index in [2.05, 4.69) is 20.9 Å². The van der Waals surface area contributed by atoms with Crippen LogP contribution in [0.15, 0.2) is 41.0 Å². The highest BCUT2D eigenvalue weighted by Crippen LogP contribution is 2.28. The van der Waals surface area contributed by atoms with Crippen LogP contribution in [0, 0.1) is 0 Å². The largest absolute Gasteiger partial charge is 0.437 e. The molecule has 0 bridgehead atoms. The molecule has 0 fully saturated rings. The summed E-state index contributed by atoms with van der Waals surface area (Å²) in [6, 6.07) is 8.78. The number of ether oxygens (including phenoxy) is 1. The molecule has 2 aromatic rings. The van der Waals surface area contributed by atoms with Crippen LogP contribution < -0.4 is 10.5 Å². The summed E-state index contributed by atoms with van der Waals surface area (Å²) in [5, 5.41) is 0.605. The summed E-state index contributed by atoms with van der Waals surface area (Å²) < 4.78 is 6.31. The van der Waals surface area contributed by atoms with Gasteiger partial charge in [-0.1, -0.05) is 17.7 Å². The van der Waals surface area contributed by atoms with Crippen LogP contribution in [0.1, 0.15) is 0 Å². The number of halogens is 2. The van der Waals surface area contributed by atoms with Gasteiger partial charge >= 0.3 is 0 Å². The Labute approximate surface area is 106 Å². The molecule has 5 heteroatoms. The Hall–Kier alpha value is -1.26. The van der Waals surface area contributed by atoms with E-state index in [1.807, 2.05) is 0 Å². The second-order valence-electron chi connectivity index (χ2n) is 3.11. The first-order valence-corrected chi connectivity index (χ1v) is 5.67. The lowest BCUT2D eigenvalue weighted by Crippen LogP contribution is -1.94. The van der Waals surface area contributed by atoms with E-state index >= 15 is 0 Å². The number of hydrogen-bond acceptors (Lipinski definition) is 3. The molecule has 1 aromatic carbocycles. The predicted octanol–water partition coefficient (Wildman–Crippen LogP) is 3.87. The van der Waals surface area contributed by atoms with E-state index < -0.39 is 0 Å². The molecule has 0 atom stereocenters. The molecule has 0 spiro atoms. The highest BCUT2D eigenvalue weighted by atomic mass is 79.9. The second-order valence-corrected chi connectivity index (χ2v) is 4.46. The van der Waals surface area contributed by atoms with Gasteiger partial charge in [-0.05, 0) is 40.2 Å². The first kappa shape index (κ1) is 11.2. The molecule has 0 aliphatic heterocycles. The third-order valence-corrected chi connectivity index (χ3v) is 2.52. The number of benzene rings is 1. The summed E-state index contributed by atoms with van der Waals surface area (Å²) >= 11 is 9.11. The van der Waals surface area contributed by atoms with Crippen LogP contribution in [0.5, 0.6) is 11.6 Å². The van der Waals surface area contributed by atoms with Crippen molar-refractivity contribution in [2.45, 2.75) is 0 Å². The first-order chi connectivity index (χ1) is 7.65. The van der Waals surface area contributed by atoms with Crippen LogP contribution in [0.3, 0.4) is 0 Å². The topological polar surface area (TPSA) is 48.1 Å². The Morgan fingerprint density at radius 3 is 2.81 bits per heavy atom. The Morgan fingerprint density at radius 1 is 1.31 bits per heavy atom. The van der Waals surface area contributed by atoms with Crippen molar-refractivity contribution in [2.75, 3.05) is 5.73 Å². The SMILES string of the molecule is Nc1cc(Br)cnc1Oc1cccc(Cl)c1. The van der Waals surface area contributed by atoms with Gasteiger partial charge in [0.15, 0.2) is 0 Å². The van der Waals surface area contributed by atoms with Crippen molar-refractivity contribution in [3.05, 3.63) is 46.0 Å². The van der Waals surface area contributed by atoms with Gasteiger partial charge in [0.05, 0.1) is 5.69 Å². The molecule has 0 radical (unpaired) electrons. The molecule has 16 heavy (non-hydrogen) atoms. The van der Waals surface area contributed by atoms with Crippen LogP contribution in [0.2, 0.25) is 5.02 Å². The van der Waals surface area contributed by atoms with E-state index in [9.17, 15) is 0 Å². The summed E-state index contributed by atoms with van der Waals surface area (Å²) in [5.74, 6) is 0.972. The van der Waals surface area contributed by atoms with E-state index in [0.29, 0.717) is 22.3 Å². The third kappa shape index (κ3) is 2.65. The van der Waals surface area contributed by atoms with Crippen LogP contribution in [-0.2, 0) is 0 Å². The minimum atomic E-state index is 0.366. The molecule has 0 saturated heterocycles. The monoisotopic (exact) mass is 298 g/mol. The van der Waals surface area contributed by atoms with E-state index in [4.69, 9.17) is 22.1 Å². The number of nitrogen functional groups attached to an aromatic ring is 1. The smallest absolute Gasteiger partial charge is 0.242 e. The van der Waals surface area contributed by atoms with Crippen LogP contribution in [0.25, 0.3) is 0 Å². The molecule has 2 N–H and O–H groups in total. The van der Waals surface area contributed by atoms with Gasteiger partial charge in [-0.25, -0.2) is 4.98 Å². The maximum absolute atomic E-state index is 5.84. The number of anilines is 1. The quantitative estimate of drug-likeness (QED) is 0.915. The Balaban J connectivity index is 2.27. The van der Waals surface area contributed by atoms with Gasteiger partial charge in [-0.3, -0.25) is 0 Å². The van der Waals surface area contributed by atoms with Crippen LogP contribution >= 0.6 is 27.5 Å². The van der Waals surface area contributed by atoms with E-state index in [1.54, 1.807) is 36.5 Å². The van der Waals surface area contributed by atoms with E-state index in [1.165, 1.54) is 0 Å². The Kier molecular flexibility index (Phi) is 3.31. The number of hydrogen-bond donors (Lipinski definition) is 1. The van der Waals surface area contributed by atoms with Gasteiger partial charge in [0.2, 0.25) is 5.88 Å². The molecule has 0 unspecified atom stereocenters. The maximum Gasteiger partial charge on any atom is 0.242 e. The summed E-state index contributed by atoms with van der Waals surface area (Å²) in [5.41, 5.74) is 6.22. The van der Waals surface area contributed by atoms with Gasteiger partial charge < -0.3 is 10.5 Å². The van der Waals surface area contributed by atoms with Crippen molar-refractivity contribution in [3.8, 4) is 11.6 Å². The second kappa shape index (κ2) is 4.72. The minimum Gasteiger partial charge on any atom is -0.437 e. The van der Waals surface area contributed by atoms with Crippen molar-refractivity contribution in [2.24, 2.45) is 0 Å². The molecule has 0 amide bonds. The van der Waals surface area contributed by atoms with E-state index in [0.717, 1.165) is 4.47 Å². The highest BCUT2D eigenvalue weighted by molar-refractivity contribution is 9.10. The number of pyridine rings is 1. The van der Waals surface area contributed by atoms with Gasteiger partial charge in [0.1, 0.15) is 5.75 Å². The molecule has 0 aliphatic rings. The molecule has 1 aromatic heterocycles. The van der Waals surface area contributed by atoms with Gasteiger partial charge in [-0.15, -0.1) is 0 Å². The lowest BCUT2D eigenvalue weighted by molar-refractivity contribution is 0.465. The molecule has 1 heterocycles. The molecular weight excluding hydrogens is 291 g/mol. The molecule has 3 nitrogen and oxygen atoms in total. The number of nitrogens with zero attached hydrogens (tertiary/aromatic N) is 1. The average Bonchev–Trinajstić information content (AvgIpc) is 2.22. The first-order valence-electron chi connectivity index (χ1n) is 4.49.